The van der Waals surface area contributed by atoms with Crippen LogP contribution in [-0.2, 0) is 0 Å². The Hall–Kier alpha value is -2.14. The smallest absolute Gasteiger partial charge is 0.222 e. The van der Waals surface area contributed by atoms with Gasteiger partial charge in [0, 0.05) is 30.8 Å². The molecule has 2 aromatic rings. The molecule has 2 unspecified atom stereocenters. The van der Waals surface area contributed by atoms with Gasteiger partial charge in [0.05, 0.1) is 5.69 Å². The van der Waals surface area contributed by atoms with Crippen molar-refractivity contribution in [1.29, 1.82) is 0 Å². The summed E-state index contributed by atoms with van der Waals surface area (Å²) in [5, 5.41) is 3.63. The van der Waals surface area contributed by atoms with Crippen LogP contribution in [0, 0.1) is 5.92 Å². The lowest BCUT2D eigenvalue weighted by molar-refractivity contribution is 0.340. The van der Waals surface area contributed by atoms with Crippen LogP contribution in [0.4, 0.5) is 11.8 Å². The van der Waals surface area contributed by atoms with Gasteiger partial charge in [-0.05, 0) is 25.3 Å². The molecule has 2 saturated heterocycles. The number of anilines is 2. The first-order chi connectivity index (χ1) is 10.8. The van der Waals surface area contributed by atoms with Gasteiger partial charge < -0.3 is 16.0 Å². The van der Waals surface area contributed by atoms with Crippen LogP contribution in [0.2, 0.25) is 0 Å². The van der Waals surface area contributed by atoms with Crippen LogP contribution >= 0.6 is 0 Å². The molecule has 1 aromatic heterocycles. The van der Waals surface area contributed by atoms with Crippen LogP contribution < -0.4 is 16.0 Å². The first-order valence-electron chi connectivity index (χ1n) is 7.98. The molecule has 3 heterocycles. The van der Waals surface area contributed by atoms with Crippen LogP contribution in [0.25, 0.3) is 11.3 Å². The van der Waals surface area contributed by atoms with E-state index in [1.165, 1.54) is 12.8 Å². The number of aromatic nitrogens is 2. The Labute approximate surface area is 130 Å². The maximum Gasteiger partial charge on any atom is 0.222 e. The van der Waals surface area contributed by atoms with Crippen LogP contribution in [0.5, 0.6) is 0 Å². The zero-order valence-electron chi connectivity index (χ0n) is 12.6. The van der Waals surface area contributed by atoms with E-state index in [1.807, 2.05) is 18.2 Å². The van der Waals surface area contributed by atoms with Gasteiger partial charge in [-0.15, -0.1) is 0 Å². The van der Waals surface area contributed by atoms with Gasteiger partial charge in [0.2, 0.25) is 5.95 Å². The Morgan fingerprint density at radius 2 is 2.00 bits per heavy atom. The summed E-state index contributed by atoms with van der Waals surface area (Å²) in [5.41, 5.74) is 7.92. The molecule has 0 spiro atoms. The minimum absolute atomic E-state index is 0.346. The molecular weight excluding hydrogens is 274 g/mol. The number of hydrogen-bond acceptors (Lipinski definition) is 5. The monoisotopic (exact) mass is 295 g/mol. The second kappa shape index (κ2) is 5.57. The zero-order chi connectivity index (χ0) is 14.9. The molecule has 3 N–H and O–H groups in total. The van der Waals surface area contributed by atoms with Crippen molar-refractivity contribution in [3.63, 3.8) is 0 Å². The molecule has 0 radical (unpaired) electrons. The van der Waals surface area contributed by atoms with Crippen molar-refractivity contribution in [1.82, 2.24) is 15.3 Å². The number of nitrogen functional groups attached to an aromatic ring is 1. The second-order valence-corrected chi connectivity index (χ2v) is 6.20. The molecule has 2 aliphatic heterocycles. The lowest BCUT2D eigenvalue weighted by Crippen LogP contribution is -2.40. The fourth-order valence-electron chi connectivity index (χ4n) is 3.61. The van der Waals surface area contributed by atoms with Crippen molar-refractivity contribution in [3.05, 3.63) is 36.4 Å². The van der Waals surface area contributed by atoms with Gasteiger partial charge in [0.25, 0.3) is 0 Å². The molecule has 114 valence electrons. The molecule has 5 heteroatoms. The molecule has 0 amide bonds. The van der Waals surface area contributed by atoms with Crippen molar-refractivity contribution in [2.45, 2.75) is 18.9 Å². The van der Waals surface area contributed by atoms with E-state index in [1.54, 1.807) is 0 Å². The van der Waals surface area contributed by atoms with Crippen molar-refractivity contribution in [2.75, 3.05) is 30.3 Å². The topological polar surface area (TPSA) is 67.1 Å². The SMILES string of the molecule is Nc1nc(-c2ccccc2)cc(N2CC3CCCNC3C2)n1. The standard InChI is InChI=1S/C17H21N5/c18-17-20-14(12-5-2-1-3-6-12)9-16(21-17)22-10-13-7-4-8-19-15(13)11-22/h1-3,5-6,9,13,15,19H,4,7-8,10-11H2,(H2,18,20,21). The summed E-state index contributed by atoms with van der Waals surface area (Å²) < 4.78 is 0. The van der Waals surface area contributed by atoms with Crippen LogP contribution in [0.15, 0.2) is 36.4 Å². The molecule has 0 aliphatic carbocycles. The summed E-state index contributed by atoms with van der Waals surface area (Å²) in [6, 6.07) is 12.8. The first-order valence-corrected chi connectivity index (χ1v) is 7.98. The third-order valence-corrected chi connectivity index (χ3v) is 4.72. The number of nitrogens with zero attached hydrogens (tertiary/aromatic N) is 3. The Bertz CT molecular complexity index is 643. The van der Waals surface area contributed by atoms with E-state index in [-0.39, 0.29) is 0 Å². The fourth-order valence-corrected chi connectivity index (χ4v) is 3.61. The third kappa shape index (κ3) is 2.52. The molecular formula is C17H21N5. The second-order valence-electron chi connectivity index (χ2n) is 6.20. The van der Waals surface area contributed by atoms with Gasteiger partial charge in [-0.2, -0.15) is 4.98 Å². The number of piperidine rings is 1. The van der Waals surface area contributed by atoms with Crippen molar-refractivity contribution in [2.24, 2.45) is 5.92 Å². The lowest BCUT2D eigenvalue weighted by atomic mass is 9.94. The average Bonchev–Trinajstić information content (AvgIpc) is 2.99. The highest BCUT2D eigenvalue weighted by atomic mass is 15.3. The summed E-state index contributed by atoms with van der Waals surface area (Å²) in [6.45, 7) is 3.20. The van der Waals surface area contributed by atoms with Gasteiger partial charge in [-0.3, -0.25) is 0 Å². The molecule has 2 fully saturated rings. The Morgan fingerprint density at radius 3 is 2.82 bits per heavy atom. The van der Waals surface area contributed by atoms with Crippen molar-refractivity contribution in [3.8, 4) is 11.3 Å². The van der Waals surface area contributed by atoms with E-state index in [0.29, 0.717) is 12.0 Å². The summed E-state index contributed by atoms with van der Waals surface area (Å²) in [7, 11) is 0. The van der Waals surface area contributed by atoms with Crippen LogP contribution in [0.3, 0.4) is 0 Å². The number of nitrogens with one attached hydrogen (secondary N) is 1. The van der Waals surface area contributed by atoms with Gasteiger partial charge >= 0.3 is 0 Å². The van der Waals surface area contributed by atoms with Crippen LogP contribution in [0.1, 0.15) is 12.8 Å². The van der Waals surface area contributed by atoms with Gasteiger partial charge in [0.1, 0.15) is 5.82 Å². The quantitative estimate of drug-likeness (QED) is 0.886. The van der Waals surface area contributed by atoms with Gasteiger partial charge in [-0.1, -0.05) is 30.3 Å². The molecule has 2 aliphatic rings. The number of benzene rings is 1. The maximum absolute atomic E-state index is 5.95. The summed E-state index contributed by atoms with van der Waals surface area (Å²) in [5.74, 6) is 2.02. The van der Waals surface area contributed by atoms with E-state index in [9.17, 15) is 0 Å². The minimum atomic E-state index is 0.346. The highest BCUT2D eigenvalue weighted by molar-refractivity contribution is 5.64. The van der Waals surface area contributed by atoms with E-state index < -0.39 is 0 Å². The highest BCUT2D eigenvalue weighted by Gasteiger charge is 2.35. The largest absolute Gasteiger partial charge is 0.368 e. The third-order valence-electron chi connectivity index (χ3n) is 4.72. The number of nitrogens with two attached hydrogens (primary N) is 1. The molecule has 0 bridgehead atoms. The Kier molecular flexibility index (Phi) is 3.42. The molecule has 2 atom stereocenters. The normalized spacial score (nSPS) is 24.3. The van der Waals surface area contributed by atoms with Crippen molar-refractivity contribution < 1.29 is 0 Å². The lowest BCUT2D eigenvalue weighted by Gasteiger charge is -2.24. The fraction of sp³-hybridized carbons (Fsp3) is 0.412. The van der Waals surface area contributed by atoms with E-state index in [2.05, 4.69) is 38.4 Å². The number of hydrogen-bond donors (Lipinski definition) is 2. The number of fused-ring (bicyclic) bond motifs is 1. The zero-order valence-corrected chi connectivity index (χ0v) is 12.6. The van der Waals surface area contributed by atoms with Gasteiger partial charge in [0.15, 0.2) is 0 Å². The molecule has 22 heavy (non-hydrogen) atoms. The van der Waals surface area contributed by atoms with E-state index >= 15 is 0 Å². The average molecular weight is 295 g/mol. The summed E-state index contributed by atoms with van der Waals surface area (Å²) in [6.07, 6.45) is 2.58. The first kappa shape index (κ1) is 13.5. The maximum atomic E-state index is 5.95. The number of rotatable bonds is 2. The predicted molar refractivity (Wildman–Crippen MR) is 88.6 cm³/mol. The Balaban J connectivity index is 1.64. The summed E-state index contributed by atoms with van der Waals surface area (Å²) >= 11 is 0. The van der Waals surface area contributed by atoms with E-state index in [0.717, 1.165) is 42.6 Å². The summed E-state index contributed by atoms with van der Waals surface area (Å²) in [4.78, 5) is 11.2. The predicted octanol–water partition coefficient (Wildman–Crippen LogP) is 1.91. The van der Waals surface area contributed by atoms with Gasteiger partial charge in [-0.25, -0.2) is 4.98 Å². The van der Waals surface area contributed by atoms with Crippen molar-refractivity contribution >= 4 is 11.8 Å². The molecule has 4 rings (SSSR count). The minimum Gasteiger partial charge on any atom is -0.368 e. The van der Waals surface area contributed by atoms with E-state index in [4.69, 9.17) is 5.73 Å². The Morgan fingerprint density at radius 1 is 1.14 bits per heavy atom. The molecule has 1 aromatic carbocycles. The highest BCUT2D eigenvalue weighted by Crippen LogP contribution is 2.30. The molecule has 5 nitrogen and oxygen atoms in total. The van der Waals surface area contributed by atoms with Crippen LogP contribution in [-0.4, -0.2) is 35.6 Å². The molecule has 0 saturated carbocycles.